The van der Waals surface area contributed by atoms with E-state index < -0.39 is 17.8 Å². The summed E-state index contributed by atoms with van der Waals surface area (Å²) in [5, 5.41) is 3.25. The van der Waals surface area contributed by atoms with Crippen LogP contribution in [0.2, 0.25) is 10.3 Å². The Labute approximate surface area is 197 Å². The van der Waals surface area contributed by atoms with E-state index in [-0.39, 0.29) is 53.3 Å². The van der Waals surface area contributed by atoms with Crippen LogP contribution < -0.4 is 5.32 Å². The van der Waals surface area contributed by atoms with Crippen molar-refractivity contribution in [1.82, 2.24) is 29.8 Å². The van der Waals surface area contributed by atoms with Gasteiger partial charge in [0, 0.05) is 25.3 Å². The zero-order valence-corrected chi connectivity index (χ0v) is 19.0. The number of halogens is 5. The molecule has 0 bridgehead atoms. The largest absolute Gasteiger partial charge is 0.460 e. The molecule has 3 aromatic heterocycles. The summed E-state index contributed by atoms with van der Waals surface area (Å²) in [5.41, 5.74) is -0.191. The van der Waals surface area contributed by atoms with Crippen molar-refractivity contribution < 1.29 is 22.7 Å². The van der Waals surface area contributed by atoms with Gasteiger partial charge in [-0.15, -0.1) is 0 Å². The number of carbonyl (C=O) groups excluding carboxylic acids is 1. The van der Waals surface area contributed by atoms with Crippen LogP contribution in [0.15, 0.2) is 30.6 Å². The first-order valence-corrected chi connectivity index (χ1v) is 10.5. The van der Waals surface area contributed by atoms with E-state index in [2.05, 4.69) is 25.3 Å². The van der Waals surface area contributed by atoms with Crippen LogP contribution in [0.1, 0.15) is 35.9 Å². The van der Waals surface area contributed by atoms with Crippen LogP contribution in [0.5, 0.6) is 0 Å². The summed E-state index contributed by atoms with van der Waals surface area (Å²) in [6.45, 7) is 3.96. The summed E-state index contributed by atoms with van der Waals surface area (Å²) in [6, 6.07) is 3.43. The Morgan fingerprint density at radius 2 is 2.00 bits per heavy atom. The van der Waals surface area contributed by atoms with Gasteiger partial charge < -0.3 is 14.6 Å². The lowest BCUT2D eigenvalue weighted by molar-refractivity contribution is -0.141. The normalized spacial score (nSPS) is 12.6. The number of carbonyl (C=O) groups is 1. The van der Waals surface area contributed by atoms with Crippen molar-refractivity contribution in [1.29, 1.82) is 0 Å². The molecule has 3 heterocycles. The van der Waals surface area contributed by atoms with Gasteiger partial charge in [-0.3, -0.25) is 0 Å². The number of hydrogen-bond donors (Lipinski definition) is 1. The highest BCUT2D eigenvalue weighted by Crippen LogP contribution is 2.28. The van der Waals surface area contributed by atoms with Gasteiger partial charge >= 0.3 is 12.1 Å². The minimum Gasteiger partial charge on any atom is -0.460 e. The number of pyridine rings is 1. The van der Waals surface area contributed by atoms with Crippen molar-refractivity contribution in [3.8, 4) is 11.4 Å². The maximum atomic E-state index is 12.9. The number of nitrogens with one attached hydrogen (secondary N) is 1. The summed E-state index contributed by atoms with van der Waals surface area (Å²) >= 11 is 12.0. The predicted octanol–water partition coefficient (Wildman–Crippen LogP) is 4.42. The lowest BCUT2D eigenvalue weighted by atomic mass is 10.2. The van der Waals surface area contributed by atoms with Gasteiger partial charge in [-0.05, 0) is 37.6 Å². The minimum atomic E-state index is -4.52. The van der Waals surface area contributed by atoms with Crippen molar-refractivity contribution in [3.05, 3.63) is 58.1 Å². The predicted molar refractivity (Wildman–Crippen MR) is 115 cm³/mol. The highest BCUT2D eigenvalue weighted by Gasteiger charge is 2.32. The first-order valence-electron chi connectivity index (χ1n) is 9.77. The molecule has 0 fully saturated rings. The maximum Gasteiger partial charge on any atom is 0.433 e. The zero-order chi connectivity index (χ0) is 24.2. The molecule has 13 heteroatoms. The molecule has 0 unspecified atom stereocenters. The molecule has 0 aliphatic heterocycles. The number of hydrogen-bond acceptors (Lipinski definition) is 7. The van der Waals surface area contributed by atoms with Crippen molar-refractivity contribution >= 4 is 29.2 Å². The molecule has 0 saturated heterocycles. The van der Waals surface area contributed by atoms with Crippen LogP contribution >= 0.6 is 23.2 Å². The molecule has 1 N–H and O–H groups in total. The standard InChI is InChI=1S/C20H19Cl2F3N6O2/c1-3-33-18(32)17-29-14(16-13(21)8-27-19(22)30-16)10-31(17)9-11(2)26-7-12-5-4-6-15(28-12)20(23,24)25/h4-6,8,10-11,26H,3,7,9H2,1-2H3/t11-/m0/s1. The second-order valence-electron chi connectivity index (χ2n) is 6.95. The number of rotatable bonds is 8. The lowest BCUT2D eigenvalue weighted by Gasteiger charge is -2.16. The minimum absolute atomic E-state index is 0.0171. The van der Waals surface area contributed by atoms with Gasteiger partial charge in [0.15, 0.2) is 0 Å². The maximum absolute atomic E-state index is 12.9. The fourth-order valence-corrected chi connectivity index (χ4v) is 3.25. The van der Waals surface area contributed by atoms with E-state index in [4.69, 9.17) is 27.9 Å². The Morgan fingerprint density at radius 1 is 1.24 bits per heavy atom. The Kier molecular flexibility index (Phi) is 7.88. The van der Waals surface area contributed by atoms with Crippen LogP contribution in [0.25, 0.3) is 11.4 Å². The summed E-state index contributed by atoms with van der Waals surface area (Å²) < 4.78 is 45.2. The topological polar surface area (TPSA) is 94.8 Å². The van der Waals surface area contributed by atoms with Crippen molar-refractivity contribution in [2.45, 2.75) is 39.2 Å². The Hall–Kier alpha value is -2.76. The average molecular weight is 503 g/mol. The molecular weight excluding hydrogens is 484 g/mol. The molecule has 33 heavy (non-hydrogen) atoms. The molecular formula is C20H19Cl2F3N6O2. The third-order valence-corrected chi connectivity index (χ3v) is 4.85. The van der Waals surface area contributed by atoms with Gasteiger partial charge in [-0.1, -0.05) is 17.7 Å². The monoisotopic (exact) mass is 502 g/mol. The van der Waals surface area contributed by atoms with Gasteiger partial charge in [-0.25, -0.2) is 24.7 Å². The van der Waals surface area contributed by atoms with E-state index in [1.165, 1.54) is 18.3 Å². The Morgan fingerprint density at radius 3 is 2.70 bits per heavy atom. The first kappa shape index (κ1) is 24.9. The quantitative estimate of drug-likeness (QED) is 0.359. The number of ether oxygens (including phenoxy) is 1. The summed E-state index contributed by atoms with van der Waals surface area (Å²) in [7, 11) is 0. The molecule has 1 atom stereocenters. The number of aromatic nitrogens is 5. The molecule has 0 aromatic carbocycles. The van der Waals surface area contributed by atoms with Gasteiger partial charge in [0.2, 0.25) is 11.1 Å². The highest BCUT2D eigenvalue weighted by atomic mass is 35.5. The smallest absolute Gasteiger partial charge is 0.433 e. The van der Waals surface area contributed by atoms with E-state index in [9.17, 15) is 18.0 Å². The van der Waals surface area contributed by atoms with E-state index in [1.54, 1.807) is 24.6 Å². The van der Waals surface area contributed by atoms with Crippen LogP contribution in [0.4, 0.5) is 13.2 Å². The summed E-state index contributed by atoms with van der Waals surface area (Å²) in [5.74, 6) is -0.629. The summed E-state index contributed by atoms with van der Waals surface area (Å²) in [6.07, 6.45) is -1.63. The Balaban J connectivity index is 1.79. The number of esters is 1. The molecule has 0 saturated carbocycles. The van der Waals surface area contributed by atoms with Crippen molar-refractivity contribution in [2.75, 3.05) is 6.61 Å². The van der Waals surface area contributed by atoms with E-state index in [0.29, 0.717) is 5.69 Å². The molecule has 0 spiro atoms. The molecule has 0 radical (unpaired) electrons. The van der Waals surface area contributed by atoms with E-state index in [1.807, 2.05) is 0 Å². The molecule has 3 aromatic rings. The SMILES string of the molecule is CCOC(=O)c1nc(-c2nc(Cl)ncc2Cl)cn1C[C@H](C)NCc1cccc(C(F)(F)F)n1. The summed E-state index contributed by atoms with van der Waals surface area (Å²) in [4.78, 5) is 28.2. The van der Waals surface area contributed by atoms with Gasteiger partial charge in [0.25, 0.3) is 0 Å². The molecule has 0 aliphatic rings. The van der Waals surface area contributed by atoms with Crippen LogP contribution in [-0.2, 0) is 24.0 Å². The second-order valence-corrected chi connectivity index (χ2v) is 7.70. The fourth-order valence-electron chi connectivity index (χ4n) is 2.93. The van der Waals surface area contributed by atoms with Gasteiger partial charge in [-0.2, -0.15) is 13.2 Å². The van der Waals surface area contributed by atoms with Crippen molar-refractivity contribution in [3.63, 3.8) is 0 Å². The van der Waals surface area contributed by atoms with Crippen molar-refractivity contribution in [2.24, 2.45) is 0 Å². The lowest BCUT2D eigenvalue weighted by Crippen LogP contribution is -2.31. The highest BCUT2D eigenvalue weighted by molar-refractivity contribution is 6.33. The molecule has 0 aliphatic carbocycles. The Bertz CT molecular complexity index is 1140. The molecule has 8 nitrogen and oxygen atoms in total. The molecule has 0 amide bonds. The number of alkyl halides is 3. The van der Waals surface area contributed by atoms with E-state index in [0.717, 1.165) is 6.07 Å². The first-order chi connectivity index (χ1) is 15.6. The molecule has 3 rings (SSSR count). The van der Waals surface area contributed by atoms with Crippen LogP contribution in [0.3, 0.4) is 0 Å². The van der Waals surface area contributed by atoms with E-state index >= 15 is 0 Å². The zero-order valence-electron chi connectivity index (χ0n) is 17.5. The third kappa shape index (κ3) is 6.40. The van der Waals surface area contributed by atoms with Gasteiger partial charge in [0.1, 0.15) is 17.1 Å². The fraction of sp³-hybridized carbons (Fsp3) is 0.350. The van der Waals surface area contributed by atoms with Gasteiger partial charge in [0.05, 0.1) is 23.5 Å². The van der Waals surface area contributed by atoms with Crippen LogP contribution in [-0.4, -0.2) is 43.1 Å². The third-order valence-electron chi connectivity index (χ3n) is 4.39. The number of imidazole rings is 1. The average Bonchev–Trinajstić information content (AvgIpc) is 3.17. The number of nitrogens with zero attached hydrogens (tertiary/aromatic N) is 5. The van der Waals surface area contributed by atoms with Crippen LogP contribution in [0, 0.1) is 0 Å². The second kappa shape index (κ2) is 10.4. The molecule has 176 valence electrons.